The van der Waals surface area contributed by atoms with Gasteiger partial charge in [0.05, 0.1) is 6.54 Å². The van der Waals surface area contributed by atoms with Crippen molar-refractivity contribution in [1.82, 2.24) is 15.5 Å². The first kappa shape index (κ1) is 10.5. The Hall–Kier alpha value is -0.620. The van der Waals surface area contributed by atoms with E-state index < -0.39 is 0 Å². The van der Waals surface area contributed by atoms with Crippen molar-refractivity contribution in [2.24, 2.45) is 0 Å². The van der Waals surface area contributed by atoms with Crippen molar-refractivity contribution in [2.75, 3.05) is 19.6 Å². The second-order valence-electron chi connectivity index (χ2n) is 3.05. The van der Waals surface area contributed by atoms with E-state index >= 15 is 0 Å². The molecule has 0 aromatic heterocycles. The number of fused-ring (bicyclic) bond motifs is 1. The third-order valence-electron chi connectivity index (χ3n) is 2.22. The number of nitrogens with one attached hydrogen (secondary N) is 2. The Balaban J connectivity index is 0.000000845. The Bertz CT molecular complexity index is 234. The normalized spacial score (nSPS) is 27.4. The number of hydrogen-bond acceptors (Lipinski definition) is 3. The first-order chi connectivity index (χ1) is 5.77. The van der Waals surface area contributed by atoms with Gasteiger partial charge in [-0.05, 0) is 0 Å². The molecule has 6 heteroatoms. The van der Waals surface area contributed by atoms with Gasteiger partial charge in [0.2, 0.25) is 11.8 Å². The topological polar surface area (TPSA) is 61.4 Å². The van der Waals surface area contributed by atoms with Crippen LogP contribution in [-0.4, -0.2) is 42.5 Å². The first-order valence-electron chi connectivity index (χ1n) is 4.07. The molecule has 2 amide bonds. The van der Waals surface area contributed by atoms with Crippen LogP contribution in [0.2, 0.25) is 0 Å². The fourth-order valence-corrected chi connectivity index (χ4v) is 1.58. The molecule has 0 bridgehead atoms. The van der Waals surface area contributed by atoms with Crippen molar-refractivity contribution in [1.29, 1.82) is 0 Å². The lowest BCUT2D eigenvalue weighted by atomic mass is 10.2. The van der Waals surface area contributed by atoms with E-state index in [9.17, 15) is 9.59 Å². The van der Waals surface area contributed by atoms with Crippen LogP contribution in [0, 0.1) is 0 Å². The third kappa shape index (κ3) is 2.00. The summed E-state index contributed by atoms with van der Waals surface area (Å²) in [5.74, 6) is 0.0110. The maximum absolute atomic E-state index is 11.3. The summed E-state index contributed by atoms with van der Waals surface area (Å²) in [5, 5.41) is 5.87. The highest BCUT2D eigenvalue weighted by molar-refractivity contribution is 8.93. The summed E-state index contributed by atoms with van der Waals surface area (Å²) < 4.78 is 0. The Morgan fingerprint density at radius 3 is 2.92 bits per heavy atom. The minimum absolute atomic E-state index is 0. The molecule has 2 aliphatic heterocycles. The lowest BCUT2D eigenvalue weighted by molar-refractivity contribution is -0.144. The van der Waals surface area contributed by atoms with Crippen molar-refractivity contribution >= 4 is 28.8 Å². The van der Waals surface area contributed by atoms with Gasteiger partial charge in [-0.2, -0.15) is 0 Å². The predicted molar refractivity (Wildman–Crippen MR) is 51.5 cm³/mol. The van der Waals surface area contributed by atoms with Crippen molar-refractivity contribution in [3.63, 3.8) is 0 Å². The van der Waals surface area contributed by atoms with Crippen molar-refractivity contribution in [3.05, 3.63) is 0 Å². The van der Waals surface area contributed by atoms with Crippen molar-refractivity contribution in [3.8, 4) is 0 Å². The summed E-state index contributed by atoms with van der Waals surface area (Å²) in [6, 6.07) is 0. The number of carbonyl (C=O) groups is 2. The number of amides is 2. The molecule has 0 saturated carbocycles. The average molecular weight is 250 g/mol. The SMILES string of the molecule is Br.O=C1CN2C(=O)CCNC2CN1. The Kier molecular flexibility index (Phi) is 3.27. The van der Waals surface area contributed by atoms with Gasteiger partial charge in [-0.1, -0.05) is 0 Å². The van der Waals surface area contributed by atoms with E-state index in [0.29, 0.717) is 13.0 Å². The Labute approximate surface area is 86.6 Å². The number of hydrogen-bond donors (Lipinski definition) is 2. The Morgan fingerprint density at radius 1 is 1.38 bits per heavy atom. The van der Waals surface area contributed by atoms with Gasteiger partial charge >= 0.3 is 0 Å². The van der Waals surface area contributed by atoms with Gasteiger partial charge in [0.1, 0.15) is 12.7 Å². The molecule has 2 fully saturated rings. The molecule has 0 aliphatic carbocycles. The highest BCUT2D eigenvalue weighted by atomic mass is 79.9. The van der Waals surface area contributed by atoms with Crippen LogP contribution in [0.5, 0.6) is 0 Å². The summed E-state index contributed by atoms with van der Waals surface area (Å²) in [5.41, 5.74) is 0. The van der Waals surface area contributed by atoms with Gasteiger partial charge in [-0.25, -0.2) is 0 Å². The minimum Gasteiger partial charge on any atom is -0.351 e. The van der Waals surface area contributed by atoms with Gasteiger partial charge in [0.25, 0.3) is 0 Å². The summed E-state index contributed by atoms with van der Waals surface area (Å²) in [6.07, 6.45) is 0.521. The molecule has 74 valence electrons. The number of rotatable bonds is 0. The van der Waals surface area contributed by atoms with Gasteiger partial charge in [-0.15, -0.1) is 17.0 Å². The molecule has 0 spiro atoms. The van der Waals surface area contributed by atoms with E-state index in [2.05, 4.69) is 10.6 Å². The minimum atomic E-state index is -0.0664. The summed E-state index contributed by atoms with van der Waals surface area (Å²) in [4.78, 5) is 23.8. The van der Waals surface area contributed by atoms with E-state index in [0.717, 1.165) is 6.54 Å². The van der Waals surface area contributed by atoms with Crippen molar-refractivity contribution < 1.29 is 9.59 Å². The smallest absolute Gasteiger partial charge is 0.239 e. The predicted octanol–water partition coefficient (Wildman–Crippen LogP) is -1.16. The molecule has 1 atom stereocenters. The lowest BCUT2D eigenvalue weighted by Gasteiger charge is -2.39. The van der Waals surface area contributed by atoms with Crippen LogP contribution in [0.3, 0.4) is 0 Å². The Morgan fingerprint density at radius 2 is 2.15 bits per heavy atom. The number of piperazine rings is 1. The molecule has 13 heavy (non-hydrogen) atoms. The molecule has 2 N–H and O–H groups in total. The van der Waals surface area contributed by atoms with Crippen LogP contribution in [0.25, 0.3) is 0 Å². The molecule has 0 radical (unpaired) electrons. The van der Waals surface area contributed by atoms with Crippen LogP contribution >= 0.6 is 17.0 Å². The first-order valence-corrected chi connectivity index (χ1v) is 4.07. The standard InChI is InChI=1S/C7H11N3O2.BrH/c11-6-4-10-5(3-9-6)8-2-1-7(10)12;/h5,8H,1-4H2,(H,9,11);1H. The molecule has 2 heterocycles. The van der Waals surface area contributed by atoms with Gasteiger partial charge in [0, 0.05) is 13.0 Å². The number of carbonyl (C=O) groups excluding carboxylic acids is 2. The zero-order chi connectivity index (χ0) is 8.55. The maximum Gasteiger partial charge on any atom is 0.239 e. The molecule has 2 rings (SSSR count). The highest BCUT2D eigenvalue weighted by Gasteiger charge is 2.32. The van der Waals surface area contributed by atoms with Gasteiger partial charge in [0.15, 0.2) is 0 Å². The number of halogens is 1. The number of nitrogens with zero attached hydrogens (tertiary/aromatic N) is 1. The maximum atomic E-state index is 11.3. The molecule has 2 saturated heterocycles. The summed E-state index contributed by atoms with van der Waals surface area (Å²) >= 11 is 0. The molecule has 5 nitrogen and oxygen atoms in total. The lowest BCUT2D eigenvalue weighted by Crippen LogP contribution is -2.64. The molecule has 0 aromatic rings. The van der Waals surface area contributed by atoms with Gasteiger partial charge < -0.3 is 10.2 Å². The van der Waals surface area contributed by atoms with Crippen LogP contribution in [0.1, 0.15) is 6.42 Å². The van der Waals surface area contributed by atoms with Crippen molar-refractivity contribution in [2.45, 2.75) is 12.6 Å². The highest BCUT2D eigenvalue weighted by Crippen LogP contribution is 2.07. The van der Waals surface area contributed by atoms with E-state index in [1.54, 1.807) is 4.90 Å². The van der Waals surface area contributed by atoms with E-state index in [-0.39, 0.29) is 41.5 Å². The quantitative estimate of drug-likeness (QED) is 0.570. The average Bonchev–Trinajstić information content (AvgIpc) is 2.07. The second-order valence-corrected chi connectivity index (χ2v) is 3.05. The molecular formula is C7H12BrN3O2. The molecule has 2 aliphatic rings. The van der Waals surface area contributed by atoms with Crippen LogP contribution in [0.15, 0.2) is 0 Å². The van der Waals surface area contributed by atoms with E-state index in [1.807, 2.05) is 0 Å². The summed E-state index contributed by atoms with van der Waals surface area (Å²) in [7, 11) is 0. The largest absolute Gasteiger partial charge is 0.351 e. The molecule has 0 aromatic carbocycles. The van der Waals surface area contributed by atoms with Crippen LogP contribution in [0.4, 0.5) is 0 Å². The van der Waals surface area contributed by atoms with E-state index in [1.165, 1.54) is 0 Å². The van der Waals surface area contributed by atoms with Gasteiger partial charge in [-0.3, -0.25) is 14.9 Å². The van der Waals surface area contributed by atoms with E-state index in [4.69, 9.17) is 0 Å². The monoisotopic (exact) mass is 249 g/mol. The third-order valence-corrected chi connectivity index (χ3v) is 2.22. The fourth-order valence-electron chi connectivity index (χ4n) is 1.58. The van der Waals surface area contributed by atoms with Crippen LogP contribution < -0.4 is 10.6 Å². The zero-order valence-electron chi connectivity index (χ0n) is 7.08. The molecule has 1 unspecified atom stereocenters. The fraction of sp³-hybridized carbons (Fsp3) is 0.714. The second kappa shape index (κ2) is 4.06. The summed E-state index contributed by atoms with van der Waals surface area (Å²) in [6.45, 7) is 1.46. The zero-order valence-corrected chi connectivity index (χ0v) is 8.79. The molecular weight excluding hydrogens is 238 g/mol. The van der Waals surface area contributed by atoms with Crippen LogP contribution in [-0.2, 0) is 9.59 Å².